The maximum Gasteiger partial charge on any atom is 0.131 e. The Morgan fingerprint density at radius 1 is 1.12 bits per heavy atom. The minimum absolute atomic E-state index is 0.000000000000000222. The minimum atomic E-state index is -1.24. The highest BCUT2D eigenvalue weighted by atomic mass is 19.2. The zero-order valence-corrected chi connectivity index (χ0v) is 4.61. The molecule has 8 heavy (non-hydrogen) atoms. The smallest absolute Gasteiger partial charge is 0.131 e. The first-order valence-corrected chi connectivity index (χ1v) is 2.81. The third-order valence-corrected chi connectivity index (χ3v) is 1.51. The second kappa shape index (κ2) is 2.00. The molecule has 0 saturated heterocycles. The fourth-order valence-corrected chi connectivity index (χ4v) is 1.03. The lowest BCUT2D eigenvalue weighted by atomic mass is 10.1. The molecule has 0 aromatic rings. The van der Waals surface area contributed by atoms with Gasteiger partial charge in [0.1, 0.15) is 12.3 Å². The number of hydrogen-bond acceptors (Lipinski definition) is 0. The molecule has 1 saturated carbocycles. The maximum atomic E-state index is 12.2. The van der Waals surface area contributed by atoms with Crippen LogP contribution in [-0.2, 0) is 0 Å². The van der Waals surface area contributed by atoms with Crippen LogP contribution < -0.4 is 0 Å². The molecule has 0 spiro atoms. The highest BCUT2D eigenvalue weighted by Crippen LogP contribution is 2.29. The van der Waals surface area contributed by atoms with E-state index < -0.39 is 12.3 Å². The second-order valence-corrected chi connectivity index (χ2v) is 2.37. The summed E-state index contributed by atoms with van der Waals surface area (Å²) in [6, 6.07) is 0. The van der Waals surface area contributed by atoms with Gasteiger partial charge < -0.3 is 0 Å². The van der Waals surface area contributed by atoms with Gasteiger partial charge in [-0.2, -0.15) is 0 Å². The summed E-state index contributed by atoms with van der Waals surface area (Å²) in [5.41, 5.74) is 0. The van der Waals surface area contributed by atoms with E-state index in [4.69, 9.17) is 0 Å². The molecule has 0 aliphatic heterocycles. The van der Waals surface area contributed by atoms with Crippen LogP contribution in [-0.4, -0.2) is 12.3 Å². The number of hydrogen-bond donors (Lipinski definition) is 0. The van der Waals surface area contributed by atoms with Crippen molar-refractivity contribution in [3.05, 3.63) is 6.92 Å². The largest absolute Gasteiger partial charge is 0.244 e. The van der Waals surface area contributed by atoms with Crippen molar-refractivity contribution in [2.24, 2.45) is 5.92 Å². The van der Waals surface area contributed by atoms with Crippen LogP contribution in [0.15, 0.2) is 0 Å². The summed E-state index contributed by atoms with van der Waals surface area (Å²) in [6.07, 6.45) is -1.86. The number of rotatable bonds is 0. The molecule has 0 aromatic heterocycles. The molecule has 1 fully saturated rings. The first kappa shape index (κ1) is 5.99. The summed E-state index contributed by atoms with van der Waals surface area (Å²) >= 11 is 0. The highest BCUT2D eigenvalue weighted by Gasteiger charge is 2.31. The lowest BCUT2D eigenvalue weighted by molar-refractivity contribution is 0.199. The van der Waals surface area contributed by atoms with Gasteiger partial charge in [-0.3, -0.25) is 0 Å². The predicted molar refractivity (Wildman–Crippen MR) is 27.9 cm³/mol. The molecule has 0 heterocycles. The summed E-state index contributed by atoms with van der Waals surface area (Å²) in [5, 5.41) is 0. The average molecular weight is 119 g/mol. The summed E-state index contributed by atoms with van der Waals surface area (Å²) in [5.74, 6) is -0.000000000000000222. The van der Waals surface area contributed by atoms with E-state index in [1.165, 1.54) is 0 Å². The molecular formula is C6H9F2. The van der Waals surface area contributed by atoms with Gasteiger partial charge >= 0.3 is 0 Å². The van der Waals surface area contributed by atoms with Crippen LogP contribution in [0.25, 0.3) is 0 Å². The summed E-state index contributed by atoms with van der Waals surface area (Å²) < 4.78 is 24.3. The van der Waals surface area contributed by atoms with E-state index in [1.54, 1.807) is 0 Å². The standard InChI is InChI=1S/C6H9F2/c1-4-2-5(7)6(8)3-4/h4-6H,1-3H2. The molecule has 1 aliphatic carbocycles. The van der Waals surface area contributed by atoms with E-state index in [0.29, 0.717) is 12.8 Å². The summed E-state index contributed by atoms with van der Waals surface area (Å²) in [6.45, 7) is 3.56. The Morgan fingerprint density at radius 2 is 1.50 bits per heavy atom. The van der Waals surface area contributed by atoms with E-state index in [0.717, 1.165) is 0 Å². The SMILES string of the molecule is [CH2]C1CC(F)C(F)C1. The van der Waals surface area contributed by atoms with Crippen LogP contribution in [0.4, 0.5) is 8.78 Å². The average Bonchev–Trinajstić information content (AvgIpc) is 1.85. The first-order chi connectivity index (χ1) is 3.70. The third-order valence-electron chi connectivity index (χ3n) is 1.51. The van der Waals surface area contributed by atoms with Crippen LogP contribution >= 0.6 is 0 Å². The molecule has 1 radical (unpaired) electrons. The van der Waals surface area contributed by atoms with Crippen LogP contribution in [0.1, 0.15) is 12.8 Å². The Hall–Kier alpha value is -0.140. The predicted octanol–water partition coefficient (Wildman–Crippen LogP) is 1.91. The van der Waals surface area contributed by atoms with Crippen LogP contribution in [0.5, 0.6) is 0 Å². The van der Waals surface area contributed by atoms with Crippen molar-refractivity contribution in [3.63, 3.8) is 0 Å². The molecule has 2 atom stereocenters. The molecule has 1 aliphatic rings. The van der Waals surface area contributed by atoms with Crippen molar-refractivity contribution < 1.29 is 8.78 Å². The van der Waals surface area contributed by atoms with Gasteiger partial charge in [-0.25, -0.2) is 8.78 Å². The Balaban J connectivity index is 2.39. The van der Waals surface area contributed by atoms with Gasteiger partial charge in [-0.15, -0.1) is 0 Å². The molecule has 0 aromatic carbocycles. The molecule has 0 amide bonds. The van der Waals surface area contributed by atoms with Crippen molar-refractivity contribution >= 4 is 0 Å². The van der Waals surface area contributed by atoms with E-state index >= 15 is 0 Å². The van der Waals surface area contributed by atoms with Gasteiger partial charge in [-0.1, -0.05) is 0 Å². The Labute approximate surface area is 47.9 Å². The topological polar surface area (TPSA) is 0 Å². The Morgan fingerprint density at radius 3 is 1.62 bits per heavy atom. The number of halogens is 2. The van der Waals surface area contributed by atoms with Gasteiger partial charge in [0.25, 0.3) is 0 Å². The lowest BCUT2D eigenvalue weighted by Gasteiger charge is -1.96. The van der Waals surface area contributed by atoms with Crippen molar-refractivity contribution in [2.45, 2.75) is 25.2 Å². The van der Waals surface area contributed by atoms with Gasteiger partial charge in [0, 0.05) is 0 Å². The summed E-state index contributed by atoms with van der Waals surface area (Å²) in [4.78, 5) is 0. The lowest BCUT2D eigenvalue weighted by Crippen LogP contribution is -2.06. The fourth-order valence-electron chi connectivity index (χ4n) is 1.03. The van der Waals surface area contributed by atoms with E-state index in [9.17, 15) is 8.78 Å². The van der Waals surface area contributed by atoms with Gasteiger partial charge in [-0.05, 0) is 25.7 Å². The van der Waals surface area contributed by atoms with Crippen molar-refractivity contribution in [1.29, 1.82) is 0 Å². The van der Waals surface area contributed by atoms with E-state index in [2.05, 4.69) is 6.92 Å². The molecule has 0 nitrogen and oxygen atoms in total. The monoisotopic (exact) mass is 119 g/mol. The highest BCUT2D eigenvalue weighted by molar-refractivity contribution is 4.84. The van der Waals surface area contributed by atoms with Crippen LogP contribution in [0.2, 0.25) is 0 Å². The van der Waals surface area contributed by atoms with E-state index in [-0.39, 0.29) is 5.92 Å². The third kappa shape index (κ3) is 0.984. The Kier molecular flexibility index (Phi) is 1.49. The van der Waals surface area contributed by atoms with Gasteiger partial charge in [0.05, 0.1) is 0 Å². The van der Waals surface area contributed by atoms with Crippen molar-refractivity contribution in [2.75, 3.05) is 0 Å². The van der Waals surface area contributed by atoms with Crippen molar-refractivity contribution in [1.82, 2.24) is 0 Å². The maximum absolute atomic E-state index is 12.2. The quantitative estimate of drug-likeness (QED) is 0.457. The Bertz CT molecular complexity index is 72.6. The van der Waals surface area contributed by atoms with Gasteiger partial charge in [0.15, 0.2) is 0 Å². The molecule has 0 N–H and O–H groups in total. The molecule has 0 bridgehead atoms. The van der Waals surface area contributed by atoms with Crippen LogP contribution in [0, 0.1) is 12.8 Å². The molecule has 47 valence electrons. The summed E-state index contributed by atoms with van der Waals surface area (Å²) in [7, 11) is 0. The van der Waals surface area contributed by atoms with Crippen LogP contribution in [0.3, 0.4) is 0 Å². The second-order valence-electron chi connectivity index (χ2n) is 2.37. The normalized spacial score (nSPS) is 47.6. The molecule has 2 unspecified atom stereocenters. The first-order valence-electron chi connectivity index (χ1n) is 2.81. The van der Waals surface area contributed by atoms with E-state index in [1.807, 2.05) is 0 Å². The zero-order valence-electron chi connectivity index (χ0n) is 4.61. The zero-order chi connectivity index (χ0) is 6.15. The molecular weight excluding hydrogens is 110 g/mol. The van der Waals surface area contributed by atoms with Gasteiger partial charge in [0.2, 0.25) is 0 Å². The number of alkyl halides is 2. The fraction of sp³-hybridized carbons (Fsp3) is 0.833. The molecule has 2 heteroatoms. The minimum Gasteiger partial charge on any atom is -0.244 e. The van der Waals surface area contributed by atoms with Crippen molar-refractivity contribution in [3.8, 4) is 0 Å². The molecule has 1 rings (SSSR count).